The molecule has 28 heavy (non-hydrogen) atoms. The number of aliphatic hydroxyl groups is 1. The summed E-state index contributed by atoms with van der Waals surface area (Å²) in [6, 6.07) is 9.41. The van der Waals surface area contributed by atoms with E-state index in [9.17, 15) is 19.5 Å². The van der Waals surface area contributed by atoms with Gasteiger partial charge in [0.15, 0.2) is 0 Å². The summed E-state index contributed by atoms with van der Waals surface area (Å²) in [6.45, 7) is 1.92. The lowest BCUT2D eigenvalue weighted by Gasteiger charge is -2.16. The van der Waals surface area contributed by atoms with Crippen LogP contribution in [0.25, 0.3) is 6.08 Å². The number of aryl methyl sites for hydroxylation is 1. The predicted molar refractivity (Wildman–Crippen MR) is 104 cm³/mol. The average molecular weight is 385 g/mol. The molecule has 148 valence electrons. The van der Waals surface area contributed by atoms with Gasteiger partial charge in [0.25, 0.3) is 5.56 Å². The van der Waals surface area contributed by atoms with Gasteiger partial charge in [-0.3, -0.25) is 19.1 Å². The van der Waals surface area contributed by atoms with E-state index >= 15 is 0 Å². The van der Waals surface area contributed by atoms with Gasteiger partial charge in [-0.2, -0.15) is 0 Å². The number of rotatable bonds is 6. The highest BCUT2D eigenvalue weighted by atomic mass is 16.5. The third kappa shape index (κ3) is 4.65. The van der Waals surface area contributed by atoms with Crippen molar-refractivity contribution in [3.8, 4) is 0 Å². The van der Waals surface area contributed by atoms with Crippen LogP contribution in [0.3, 0.4) is 0 Å². The van der Waals surface area contributed by atoms with Gasteiger partial charge < -0.3 is 15.2 Å². The third-order valence-corrected chi connectivity index (χ3v) is 4.64. The summed E-state index contributed by atoms with van der Waals surface area (Å²) in [5.41, 5.74) is 0.353. The van der Waals surface area contributed by atoms with E-state index in [1.165, 1.54) is 16.8 Å². The first-order valence-corrected chi connectivity index (χ1v) is 9.16. The summed E-state index contributed by atoms with van der Waals surface area (Å²) in [5.74, 6) is -0.308. The second-order valence-electron chi connectivity index (χ2n) is 6.60. The second-order valence-corrected chi connectivity index (χ2v) is 6.60. The van der Waals surface area contributed by atoms with Crippen LogP contribution in [0.2, 0.25) is 0 Å². The Labute approximate surface area is 161 Å². The van der Waals surface area contributed by atoms with Gasteiger partial charge in [0, 0.05) is 30.8 Å². The molecule has 3 rings (SSSR count). The number of hydrogen-bond acceptors (Lipinski definition) is 5. The van der Waals surface area contributed by atoms with Crippen LogP contribution in [0.4, 0.5) is 0 Å². The average Bonchev–Trinajstić information content (AvgIpc) is 3.06. The number of nitrogens with zero attached hydrogens (tertiary/aromatic N) is 1. The molecule has 0 radical (unpaired) electrons. The van der Waals surface area contributed by atoms with Crippen molar-refractivity contribution < 1.29 is 14.6 Å². The topological polar surface area (TPSA) is 113 Å². The highest BCUT2D eigenvalue weighted by molar-refractivity contribution is 5.91. The minimum atomic E-state index is -0.840. The molecule has 0 saturated carbocycles. The van der Waals surface area contributed by atoms with Gasteiger partial charge >= 0.3 is 5.69 Å². The number of ether oxygens (including phenoxy) is 1. The molecule has 1 aliphatic rings. The molecule has 1 aliphatic heterocycles. The fourth-order valence-corrected chi connectivity index (χ4v) is 3.06. The Morgan fingerprint density at radius 1 is 1.36 bits per heavy atom. The zero-order valence-electron chi connectivity index (χ0n) is 15.5. The van der Waals surface area contributed by atoms with Gasteiger partial charge in [-0.25, -0.2) is 4.79 Å². The van der Waals surface area contributed by atoms with E-state index in [0.717, 1.165) is 5.56 Å². The highest BCUT2D eigenvalue weighted by Crippen LogP contribution is 2.27. The Balaban J connectivity index is 1.60. The van der Waals surface area contributed by atoms with Crippen molar-refractivity contribution in [2.75, 3.05) is 6.54 Å². The number of hydrogen-bond donors (Lipinski definition) is 3. The lowest BCUT2D eigenvalue weighted by molar-refractivity contribution is -0.117. The van der Waals surface area contributed by atoms with Crippen molar-refractivity contribution in [3.63, 3.8) is 0 Å². The summed E-state index contributed by atoms with van der Waals surface area (Å²) in [6.07, 6.45) is 3.03. The summed E-state index contributed by atoms with van der Waals surface area (Å²) in [4.78, 5) is 38.0. The van der Waals surface area contributed by atoms with Gasteiger partial charge in [0.1, 0.15) is 12.3 Å². The van der Waals surface area contributed by atoms with E-state index in [2.05, 4.69) is 10.3 Å². The Bertz CT molecular complexity index is 964. The number of benzene rings is 1. The molecule has 3 N–H and O–H groups in total. The van der Waals surface area contributed by atoms with Gasteiger partial charge in [-0.05, 0) is 18.1 Å². The van der Waals surface area contributed by atoms with Crippen LogP contribution in [-0.4, -0.2) is 39.3 Å². The van der Waals surface area contributed by atoms with Crippen molar-refractivity contribution in [2.45, 2.75) is 38.2 Å². The zero-order valence-corrected chi connectivity index (χ0v) is 15.5. The molecule has 0 unspecified atom stereocenters. The van der Waals surface area contributed by atoms with Crippen LogP contribution in [0.5, 0.6) is 0 Å². The molecule has 0 aliphatic carbocycles. The predicted octanol–water partition coefficient (Wildman–Crippen LogP) is 0.577. The normalized spacial score (nSPS) is 21.9. The van der Waals surface area contributed by atoms with Gasteiger partial charge in [-0.1, -0.05) is 37.3 Å². The fourth-order valence-electron chi connectivity index (χ4n) is 3.06. The van der Waals surface area contributed by atoms with Crippen molar-refractivity contribution >= 4 is 12.0 Å². The van der Waals surface area contributed by atoms with Crippen LogP contribution in [0, 0.1) is 0 Å². The minimum absolute atomic E-state index is 0.106. The first kappa shape index (κ1) is 19.8. The van der Waals surface area contributed by atoms with Crippen LogP contribution < -0.4 is 16.6 Å². The number of H-pyrrole nitrogens is 1. The molecule has 3 atom stereocenters. The molecule has 0 spiro atoms. The molecule has 8 heteroatoms. The Morgan fingerprint density at radius 3 is 2.82 bits per heavy atom. The van der Waals surface area contributed by atoms with Crippen LogP contribution >= 0.6 is 0 Å². The molecule has 2 aromatic rings. The van der Waals surface area contributed by atoms with Gasteiger partial charge in [0.05, 0.1) is 6.10 Å². The van der Waals surface area contributed by atoms with E-state index in [4.69, 9.17) is 4.74 Å². The van der Waals surface area contributed by atoms with Crippen LogP contribution in [0.15, 0.2) is 52.2 Å². The van der Waals surface area contributed by atoms with E-state index in [-0.39, 0.29) is 18.9 Å². The quantitative estimate of drug-likeness (QED) is 0.630. The van der Waals surface area contributed by atoms with Crippen molar-refractivity contribution in [1.29, 1.82) is 0 Å². The lowest BCUT2D eigenvalue weighted by Crippen LogP contribution is -2.37. The molecular formula is C20H23N3O5. The first-order valence-electron chi connectivity index (χ1n) is 9.16. The number of aromatic nitrogens is 2. The molecule has 1 aromatic carbocycles. The number of aromatic amines is 1. The van der Waals surface area contributed by atoms with E-state index in [1.54, 1.807) is 6.08 Å². The molecule has 1 amide bonds. The summed E-state index contributed by atoms with van der Waals surface area (Å²) < 4.78 is 7.02. The standard InChI is InChI=1S/C20H23N3O5/c1-2-14-12-23(20(27)22-19(14)26)18-10-15(24)16(28-18)11-21-17(25)9-8-13-6-4-3-5-7-13/h3-9,12,15-16,18,24H,2,10-11H2,1H3,(H,21,25)(H,22,26,27)/t15-,16+,18+/m0/s1. The largest absolute Gasteiger partial charge is 0.390 e. The molecular weight excluding hydrogens is 362 g/mol. The van der Waals surface area contributed by atoms with Crippen molar-refractivity contribution in [3.05, 3.63) is 74.6 Å². The first-order chi connectivity index (χ1) is 13.5. The van der Waals surface area contributed by atoms with E-state index in [0.29, 0.717) is 12.0 Å². The molecule has 1 saturated heterocycles. The maximum absolute atomic E-state index is 12.1. The number of carbonyl (C=O) groups is 1. The van der Waals surface area contributed by atoms with Crippen LogP contribution in [-0.2, 0) is 16.0 Å². The number of aliphatic hydroxyl groups excluding tert-OH is 1. The Kier molecular flexibility index (Phi) is 6.23. The van der Waals surface area contributed by atoms with Gasteiger partial charge in [-0.15, -0.1) is 0 Å². The molecule has 2 heterocycles. The SMILES string of the molecule is CCc1cn([C@H]2C[C@H](O)[C@@H](CNC(=O)C=Cc3ccccc3)O2)c(=O)[nH]c1=O. The zero-order chi connectivity index (χ0) is 20.1. The lowest BCUT2D eigenvalue weighted by atomic mass is 10.1. The molecule has 0 bridgehead atoms. The molecule has 8 nitrogen and oxygen atoms in total. The maximum Gasteiger partial charge on any atom is 0.330 e. The summed E-state index contributed by atoms with van der Waals surface area (Å²) in [7, 11) is 0. The van der Waals surface area contributed by atoms with Crippen molar-refractivity contribution in [1.82, 2.24) is 14.9 Å². The van der Waals surface area contributed by atoms with Crippen molar-refractivity contribution in [2.24, 2.45) is 0 Å². The fraction of sp³-hybridized carbons (Fsp3) is 0.350. The summed E-state index contributed by atoms with van der Waals surface area (Å²) in [5, 5.41) is 12.9. The smallest absolute Gasteiger partial charge is 0.330 e. The maximum atomic E-state index is 12.1. The number of amides is 1. The monoisotopic (exact) mass is 385 g/mol. The van der Waals surface area contributed by atoms with Crippen LogP contribution in [0.1, 0.15) is 30.7 Å². The number of carbonyl (C=O) groups excluding carboxylic acids is 1. The van der Waals surface area contributed by atoms with E-state index in [1.807, 2.05) is 37.3 Å². The minimum Gasteiger partial charge on any atom is -0.390 e. The second kappa shape index (κ2) is 8.81. The highest BCUT2D eigenvalue weighted by Gasteiger charge is 2.35. The summed E-state index contributed by atoms with van der Waals surface area (Å²) >= 11 is 0. The Hall–Kier alpha value is -2.97. The Morgan fingerprint density at radius 2 is 2.11 bits per heavy atom. The van der Waals surface area contributed by atoms with Gasteiger partial charge in [0.2, 0.25) is 5.91 Å². The number of nitrogens with one attached hydrogen (secondary N) is 2. The molecule has 1 aromatic heterocycles. The van der Waals surface area contributed by atoms with E-state index < -0.39 is 29.7 Å². The third-order valence-electron chi connectivity index (χ3n) is 4.64. The molecule has 1 fully saturated rings.